The summed E-state index contributed by atoms with van der Waals surface area (Å²) >= 11 is 1.57. The molecule has 1 heterocycles. The lowest BCUT2D eigenvalue weighted by Gasteiger charge is -2.06. The number of halogens is 3. The number of alkyl halides is 3. The molecule has 0 atom stereocenters. The molecule has 0 spiro atoms. The molecule has 4 rings (SSSR count). The van der Waals surface area contributed by atoms with E-state index in [4.69, 9.17) is 5.11 Å². The van der Waals surface area contributed by atoms with E-state index in [-0.39, 0.29) is 6.42 Å². The summed E-state index contributed by atoms with van der Waals surface area (Å²) in [5.41, 5.74) is 3.14. The first-order chi connectivity index (χ1) is 14.8. The molecule has 0 saturated heterocycles. The van der Waals surface area contributed by atoms with Crippen molar-refractivity contribution in [1.82, 2.24) is 9.97 Å². The third kappa shape index (κ3) is 4.91. The van der Waals surface area contributed by atoms with Crippen LogP contribution in [0, 0.1) is 0 Å². The number of carboxylic acid groups (broad SMARTS) is 1. The van der Waals surface area contributed by atoms with Crippen LogP contribution in [0.3, 0.4) is 0 Å². The minimum Gasteiger partial charge on any atom is -0.481 e. The highest BCUT2D eigenvalue weighted by molar-refractivity contribution is 7.98. The van der Waals surface area contributed by atoms with E-state index in [1.165, 1.54) is 12.1 Å². The molecule has 0 saturated carbocycles. The Kier molecular flexibility index (Phi) is 5.73. The highest BCUT2D eigenvalue weighted by Gasteiger charge is 2.30. The van der Waals surface area contributed by atoms with Crippen molar-refractivity contribution in [3.8, 4) is 11.4 Å². The van der Waals surface area contributed by atoms with Crippen molar-refractivity contribution in [3.05, 3.63) is 83.4 Å². The molecule has 158 valence electrons. The van der Waals surface area contributed by atoms with Crippen LogP contribution in [-0.4, -0.2) is 21.0 Å². The summed E-state index contributed by atoms with van der Waals surface area (Å²) in [5, 5.41) is 8.96. The third-order valence-corrected chi connectivity index (χ3v) is 5.77. The fourth-order valence-corrected chi connectivity index (χ4v) is 4.21. The largest absolute Gasteiger partial charge is 0.481 e. The van der Waals surface area contributed by atoms with Crippen molar-refractivity contribution in [3.63, 3.8) is 0 Å². The van der Waals surface area contributed by atoms with Crippen LogP contribution in [0.25, 0.3) is 22.4 Å². The number of rotatable bonds is 6. The second-order valence-electron chi connectivity index (χ2n) is 6.98. The topological polar surface area (TPSA) is 66.0 Å². The number of imidazole rings is 1. The number of fused-ring (bicyclic) bond motifs is 1. The average Bonchev–Trinajstić information content (AvgIpc) is 3.16. The SMILES string of the molecule is O=C(O)Cc1cccc(SCc2cccc3[nH]c(-c4ccc(C(F)(F)F)cc4)nc23)c1. The van der Waals surface area contributed by atoms with E-state index in [9.17, 15) is 18.0 Å². The molecule has 4 nitrogen and oxygen atoms in total. The van der Waals surface area contributed by atoms with E-state index in [0.29, 0.717) is 17.1 Å². The molecule has 0 aliphatic carbocycles. The van der Waals surface area contributed by atoms with Gasteiger partial charge in [0.05, 0.1) is 23.0 Å². The summed E-state index contributed by atoms with van der Waals surface area (Å²) in [7, 11) is 0. The Hall–Kier alpha value is -3.26. The van der Waals surface area contributed by atoms with Crippen molar-refractivity contribution in [1.29, 1.82) is 0 Å². The molecular weight excluding hydrogens is 425 g/mol. The molecule has 2 N–H and O–H groups in total. The Bertz CT molecular complexity index is 1230. The van der Waals surface area contributed by atoms with Gasteiger partial charge in [-0.05, 0) is 41.5 Å². The van der Waals surface area contributed by atoms with Gasteiger partial charge in [0, 0.05) is 16.2 Å². The molecule has 1 aromatic heterocycles. The first kappa shape index (κ1) is 21.0. The van der Waals surface area contributed by atoms with Crippen LogP contribution >= 0.6 is 11.8 Å². The average molecular weight is 442 g/mol. The molecule has 0 fully saturated rings. The third-order valence-electron chi connectivity index (χ3n) is 4.73. The number of benzene rings is 3. The van der Waals surface area contributed by atoms with E-state index >= 15 is 0 Å². The standard InChI is InChI=1S/C23H17F3N2O2S/c24-23(25,26)17-9-7-15(8-10-17)22-27-19-6-2-4-16(21(19)28-22)13-31-18-5-1-3-14(11-18)12-20(29)30/h1-11H,12-13H2,(H,27,28)(H,29,30). The summed E-state index contributed by atoms with van der Waals surface area (Å²) in [4.78, 5) is 19.7. The minimum atomic E-state index is -4.38. The van der Waals surface area contributed by atoms with Crippen molar-refractivity contribution < 1.29 is 23.1 Å². The summed E-state index contributed by atoms with van der Waals surface area (Å²) in [6.07, 6.45) is -4.40. The highest BCUT2D eigenvalue weighted by atomic mass is 32.2. The van der Waals surface area contributed by atoms with Gasteiger partial charge in [-0.1, -0.05) is 36.4 Å². The molecule has 4 aromatic rings. The normalized spacial score (nSPS) is 11.7. The number of carboxylic acids is 1. The molecule has 0 aliphatic rings. The lowest BCUT2D eigenvalue weighted by atomic mass is 10.1. The first-order valence-electron chi connectivity index (χ1n) is 9.38. The molecule has 8 heteroatoms. The monoisotopic (exact) mass is 442 g/mol. The Morgan fingerprint density at radius 3 is 2.48 bits per heavy atom. The van der Waals surface area contributed by atoms with Gasteiger partial charge < -0.3 is 10.1 Å². The zero-order valence-corrected chi connectivity index (χ0v) is 16.9. The van der Waals surface area contributed by atoms with E-state index in [0.717, 1.165) is 39.2 Å². The van der Waals surface area contributed by atoms with Gasteiger partial charge in [0.25, 0.3) is 0 Å². The lowest BCUT2D eigenvalue weighted by Crippen LogP contribution is -2.04. The zero-order chi connectivity index (χ0) is 22.0. The predicted octanol–water partition coefficient (Wildman–Crippen LogP) is 6.17. The molecule has 0 bridgehead atoms. The van der Waals surface area contributed by atoms with Gasteiger partial charge in [-0.3, -0.25) is 4.79 Å². The summed E-state index contributed by atoms with van der Waals surface area (Å²) in [5.74, 6) is 0.245. The van der Waals surface area contributed by atoms with E-state index in [1.54, 1.807) is 17.8 Å². The van der Waals surface area contributed by atoms with Gasteiger partial charge in [-0.25, -0.2) is 4.98 Å². The van der Waals surface area contributed by atoms with Crippen molar-refractivity contribution in [2.45, 2.75) is 23.2 Å². The second-order valence-corrected chi connectivity index (χ2v) is 8.03. The summed E-state index contributed by atoms with van der Waals surface area (Å²) < 4.78 is 38.4. The Balaban J connectivity index is 1.56. The lowest BCUT2D eigenvalue weighted by molar-refractivity contribution is -0.138. The van der Waals surface area contributed by atoms with Gasteiger partial charge in [0.15, 0.2) is 0 Å². The van der Waals surface area contributed by atoms with Gasteiger partial charge in [-0.2, -0.15) is 13.2 Å². The molecular formula is C23H17F3N2O2S. The van der Waals surface area contributed by atoms with Gasteiger partial charge in [-0.15, -0.1) is 11.8 Å². The molecule has 0 unspecified atom stereocenters. The number of nitrogens with one attached hydrogen (secondary N) is 1. The van der Waals surface area contributed by atoms with E-state index in [1.807, 2.05) is 36.4 Å². The molecule has 3 aromatic carbocycles. The van der Waals surface area contributed by atoms with Gasteiger partial charge in [0.2, 0.25) is 0 Å². The Morgan fingerprint density at radius 2 is 1.77 bits per heavy atom. The first-order valence-corrected chi connectivity index (χ1v) is 10.4. The van der Waals surface area contributed by atoms with Gasteiger partial charge in [0.1, 0.15) is 5.82 Å². The molecule has 31 heavy (non-hydrogen) atoms. The number of aromatic nitrogens is 2. The van der Waals surface area contributed by atoms with Crippen LogP contribution in [0.2, 0.25) is 0 Å². The fraction of sp³-hybridized carbons (Fsp3) is 0.130. The number of H-pyrrole nitrogens is 1. The fourth-order valence-electron chi connectivity index (χ4n) is 3.24. The number of thioether (sulfide) groups is 1. The van der Waals surface area contributed by atoms with Crippen LogP contribution in [0.4, 0.5) is 13.2 Å². The Labute approximate surface area is 180 Å². The van der Waals surface area contributed by atoms with Crippen molar-refractivity contribution >= 4 is 28.8 Å². The minimum absolute atomic E-state index is 0.0279. The van der Waals surface area contributed by atoms with Crippen LogP contribution in [0.1, 0.15) is 16.7 Å². The molecule has 0 amide bonds. The zero-order valence-electron chi connectivity index (χ0n) is 16.1. The summed E-state index contributed by atoms with van der Waals surface area (Å²) in [6.45, 7) is 0. The van der Waals surface area contributed by atoms with Crippen LogP contribution in [-0.2, 0) is 23.1 Å². The Morgan fingerprint density at radius 1 is 1.03 bits per heavy atom. The number of carbonyl (C=O) groups is 1. The molecule has 0 radical (unpaired) electrons. The highest BCUT2D eigenvalue weighted by Crippen LogP contribution is 2.32. The number of para-hydroxylation sites is 1. The quantitative estimate of drug-likeness (QED) is 0.351. The van der Waals surface area contributed by atoms with Crippen LogP contribution < -0.4 is 0 Å². The second kappa shape index (κ2) is 8.47. The van der Waals surface area contributed by atoms with E-state index in [2.05, 4.69) is 9.97 Å². The smallest absolute Gasteiger partial charge is 0.416 e. The van der Waals surface area contributed by atoms with Crippen molar-refractivity contribution in [2.75, 3.05) is 0 Å². The maximum absolute atomic E-state index is 12.8. The number of aliphatic carboxylic acids is 1. The van der Waals surface area contributed by atoms with Gasteiger partial charge >= 0.3 is 12.1 Å². The summed E-state index contributed by atoms with van der Waals surface area (Å²) in [6, 6.07) is 18.0. The number of hydrogen-bond acceptors (Lipinski definition) is 3. The maximum atomic E-state index is 12.8. The van der Waals surface area contributed by atoms with Crippen LogP contribution in [0.5, 0.6) is 0 Å². The van der Waals surface area contributed by atoms with Crippen LogP contribution in [0.15, 0.2) is 71.6 Å². The number of nitrogens with zero attached hydrogens (tertiary/aromatic N) is 1. The van der Waals surface area contributed by atoms with E-state index < -0.39 is 17.7 Å². The maximum Gasteiger partial charge on any atom is 0.416 e. The predicted molar refractivity (Wildman–Crippen MR) is 114 cm³/mol. The van der Waals surface area contributed by atoms with Crippen molar-refractivity contribution in [2.24, 2.45) is 0 Å². The number of hydrogen-bond donors (Lipinski definition) is 2. The number of aromatic amines is 1. The molecule has 0 aliphatic heterocycles.